The number of carboxylic acid groups (broad SMARTS) is 1. The van der Waals surface area contributed by atoms with E-state index in [1.807, 2.05) is 158 Å². The molecule has 6 amide bonds. The fourth-order valence-electron chi connectivity index (χ4n) is 16.5. The SMILES string of the molecule is COC(=O)[C@H](CCCCN)NC(=O)[C@H](Cc1cn(C(=O)OC(C)(C)C)c2ccccc12)NC(=O)[C@H](CCCNC(=N)NS(=O)(=O)c1c(C)c(C)c2c(c1C)CC(C)(C)O2)NC(=O)[C@@H](Cc1ccccc1)NC(=O)[C@H](Cc1cn(C(c2ccccc2)(c2ccccc2)c2ccccc2)cn1)NC(=O)[C@H](CC(=O)O)NC(=O)OCC1c2ccccc2-c2ccccc21. The van der Waals surface area contributed by atoms with Gasteiger partial charge in [0.2, 0.25) is 35.5 Å². The number of amides is 6. The lowest BCUT2D eigenvalue weighted by Gasteiger charge is -2.37. The first-order chi connectivity index (χ1) is 59.8. The maximum atomic E-state index is 16.0. The molecule has 0 saturated carbocycles. The molecule has 1 aliphatic heterocycles. The Balaban J connectivity index is 0.895. The Kier molecular flexibility index (Phi) is 28.9. The Hall–Kier alpha value is -13.5. The molecule has 6 atom stereocenters. The zero-order chi connectivity index (χ0) is 89.5. The van der Waals surface area contributed by atoms with Crippen LogP contribution in [0.2, 0.25) is 0 Å². The highest BCUT2D eigenvalue weighted by atomic mass is 32.2. The largest absolute Gasteiger partial charge is 0.487 e. The van der Waals surface area contributed by atoms with Crippen LogP contribution in [0.4, 0.5) is 9.59 Å². The number of guanidine groups is 1. The Morgan fingerprint density at radius 3 is 1.67 bits per heavy atom. The molecule has 0 saturated heterocycles. The lowest BCUT2D eigenvalue weighted by Crippen LogP contribution is -2.60. The summed E-state index contributed by atoms with van der Waals surface area (Å²) in [4.78, 5) is 138. The number of benzene rings is 8. The van der Waals surface area contributed by atoms with Crippen molar-refractivity contribution in [2.45, 2.75) is 183 Å². The maximum Gasteiger partial charge on any atom is 0.419 e. The summed E-state index contributed by atoms with van der Waals surface area (Å²) in [6.45, 7) is 13.9. The standard InChI is InChI=1S/C95H107N13O16S/c1-58-59(2)83(60(3)72-53-94(7,8)123-82(58)72)125(119,120)106-90(97)98-48-30-45-74(84(111)103-77(86(113)101-75(89(116)121-9)44-28-29-47-96)50-62-54-108(92(118)124-93(4,5)6)80-46-27-26-39-67(62)80)100-85(112)76(49-61-31-14-10-15-32-61)102-87(114)78(51-66-55-107(57-99-66)95(63-33-16-11-17-34-63,64-35-18-12-19-36-64)65-37-20-13-21-38-65)104-88(115)79(52-81(109)110)105-91(117)122-56-73-70-42-24-22-40-68(70)69-41-23-25-43-71(69)73/h10-27,31-43,46,54-55,57,73-79H,28-30,44-45,47-53,56,96H2,1-9H3,(H,100,112)(H,101,113)(H,102,114)(H,103,111)(H,104,115)(H,105,117)(H,109,110)(H3,97,98,106)/t74-,75-,76+,77-,78-,79-/m0/s1. The highest BCUT2D eigenvalue weighted by Gasteiger charge is 2.42. The van der Waals surface area contributed by atoms with Crippen LogP contribution in [0.25, 0.3) is 22.0 Å². The van der Waals surface area contributed by atoms with Gasteiger partial charge in [0.05, 0.1) is 36.0 Å². The smallest absolute Gasteiger partial charge is 0.419 e. The summed E-state index contributed by atoms with van der Waals surface area (Å²) in [6, 6.07) is 49.6. The molecular formula is C95H107N13O16S. The van der Waals surface area contributed by atoms with Crippen molar-refractivity contribution in [2.24, 2.45) is 5.73 Å². The van der Waals surface area contributed by atoms with E-state index in [4.69, 9.17) is 35.1 Å². The minimum atomic E-state index is -4.45. The molecule has 10 aromatic rings. The predicted octanol–water partition coefficient (Wildman–Crippen LogP) is 10.5. The average Bonchev–Trinajstić information content (AvgIpc) is 1.70. The van der Waals surface area contributed by atoms with E-state index in [1.54, 1.807) is 109 Å². The van der Waals surface area contributed by atoms with Gasteiger partial charge in [-0.3, -0.25) is 38.7 Å². The summed E-state index contributed by atoms with van der Waals surface area (Å²) >= 11 is 0. The Bertz CT molecular complexity index is 5600. The molecule has 0 unspecified atom stereocenters. The van der Waals surface area contributed by atoms with Crippen LogP contribution >= 0.6 is 0 Å². The summed E-state index contributed by atoms with van der Waals surface area (Å²) in [5.74, 6) is -7.83. The Labute approximate surface area is 726 Å². The number of fused-ring (bicyclic) bond motifs is 5. The summed E-state index contributed by atoms with van der Waals surface area (Å²) in [7, 11) is -3.29. The lowest BCUT2D eigenvalue weighted by atomic mass is 9.77. The third-order valence-corrected chi connectivity index (χ3v) is 24.1. The van der Waals surface area contributed by atoms with Crippen LogP contribution in [0, 0.1) is 26.2 Å². The van der Waals surface area contributed by atoms with Crippen molar-refractivity contribution in [3.63, 3.8) is 0 Å². The van der Waals surface area contributed by atoms with Crippen LogP contribution in [0.3, 0.4) is 0 Å². The van der Waals surface area contributed by atoms with E-state index in [0.29, 0.717) is 63.7 Å². The summed E-state index contributed by atoms with van der Waals surface area (Å²) in [5, 5.41) is 39.2. The molecule has 29 nitrogen and oxygen atoms in total. The van der Waals surface area contributed by atoms with Crippen molar-refractivity contribution in [1.29, 1.82) is 5.41 Å². The predicted molar refractivity (Wildman–Crippen MR) is 471 cm³/mol. The summed E-state index contributed by atoms with van der Waals surface area (Å²) in [6.07, 6.45) is 1.70. The van der Waals surface area contributed by atoms with Gasteiger partial charge in [0, 0.05) is 61.5 Å². The normalized spacial score (nSPS) is 14.2. The van der Waals surface area contributed by atoms with Crippen molar-refractivity contribution in [3.8, 4) is 16.9 Å². The topological polar surface area (TPSA) is 414 Å². The molecule has 0 spiro atoms. The van der Waals surface area contributed by atoms with Gasteiger partial charge in [-0.1, -0.05) is 188 Å². The van der Waals surface area contributed by atoms with Gasteiger partial charge < -0.3 is 71.6 Å². The molecule has 0 radical (unpaired) electrons. The number of para-hydroxylation sites is 1. The number of carbonyl (C=O) groups excluding carboxylic acids is 8. The molecule has 3 heterocycles. The molecule has 30 heteroatoms. The highest BCUT2D eigenvalue weighted by molar-refractivity contribution is 7.90. The number of ether oxygens (including phenoxy) is 4. The summed E-state index contributed by atoms with van der Waals surface area (Å²) in [5.41, 5.74) is 12.9. The molecule has 0 fully saturated rings. The Morgan fingerprint density at radius 2 is 1.10 bits per heavy atom. The molecule has 2 aromatic heterocycles. The average molecular weight is 1720 g/mol. The van der Waals surface area contributed by atoms with Gasteiger partial charge >= 0.3 is 24.1 Å². The van der Waals surface area contributed by atoms with E-state index < -0.39 is 141 Å². The number of rotatable bonds is 36. The number of alkyl carbamates (subject to hydrolysis) is 1. The zero-order valence-electron chi connectivity index (χ0n) is 71.3. The van der Waals surface area contributed by atoms with Gasteiger partial charge in [-0.05, 0) is 167 Å². The molecule has 2 aliphatic rings. The number of esters is 1. The number of carbonyl (C=O) groups is 9. The lowest BCUT2D eigenvalue weighted by molar-refractivity contribution is -0.145. The number of aliphatic carboxylic acids is 1. The first-order valence-corrected chi connectivity index (χ1v) is 43.1. The van der Waals surface area contributed by atoms with Crippen LogP contribution < -0.4 is 52.4 Å². The number of sulfonamides is 1. The van der Waals surface area contributed by atoms with Gasteiger partial charge in [0.1, 0.15) is 65.3 Å². The van der Waals surface area contributed by atoms with Crippen LogP contribution in [-0.2, 0) is 89.0 Å². The zero-order valence-corrected chi connectivity index (χ0v) is 72.2. The van der Waals surface area contributed by atoms with Gasteiger partial charge in [-0.2, -0.15) is 0 Å². The molecule has 125 heavy (non-hydrogen) atoms. The van der Waals surface area contributed by atoms with Gasteiger partial charge in [0.25, 0.3) is 10.0 Å². The van der Waals surface area contributed by atoms with E-state index in [-0.39, 0.29) is 62.4 Å². The van der Waals surface area contributed by atoms with Crippen LogP contribution in [0.1, 0.15) is 146 Å². The minimum Gasteiger partial charge on any atom is -0.487 e. The van der Waals surface area contributed by atoms with Crippen molar-refractivity contribution >= 4 is 80.5 Å². The number of methoxy groups -OCH3 is 1. The second-order valence-electron chi connectivity index (χ2n) is 33.0. The van der Waals surface area contributed by atoms with E-state index in [1.165, 1.54) is 10.8 Å². The fraction of sp³-hybridized carbons (Fsp3) is 0.337. The van der Waals surface area contributed by atoms with Crippen molar-refractivity contribution in [3.05, 3.63) is 280 Å². The first-order valence-electron chi connectivity index (χ1n) is 41.6. The second kappa shape index (κ2) is 39.8. The Morgan fingerprint density at radius 1 is 0.600 bits per heavy atom. The number of unbranched alkanes of at least 4 members (excludes halogenated alkanes) is 1. The molecular weight excluding hydrogens is 1610 g/mol. The number of imidazole rings is 1. The molecule has 0 bridgehead atoms. The van der Waals surface area contributed by atoms with E-state index in [0.717, 1.165) is 51.6 Å². The number of hydrogen-bond acceptors (Lipinski definition) is 18. The number of aromatic nitrogens is 3. The van der Waals surface area contributed by atoms with Crippen LogP contribution in [-0.4, -0.2) is 162 Å². The van der Waals surface area contributed by atoms with E-state index >= 15 is 24.0 Å². The van der Waals surface area contributed by atoms with Gasteiger partial charge in [-0.15, -0.1) is 0 Å². The van der Waals surface area contributed by atoms with Gasteiger partial charge in [-0.25, -0.2) is 32.5 Å². The second-order valence-corrected chi connectivity index (χ2v) is 34.7. The van der Waals surface area contributed by atoms with Crippen LogP contribution in [0.5, 0.6) is 5.75 Å². The molecule has 1 aliphatic carbocycles. The highest BCUT2D eigenvalue weighted by Crippen LogP contribution is 2.47. The van der Waals surface area contributed by atoms with Gasteiger partial charge in [0.15, 0.2) is 0 Å². The molecule has 12 N–H and O–H groups in total. The van der Waals surface area contributed by atoms with Crippen molar-refractivity contribution in [2.75, 3.05) is 26.8 Å². The number of nitrogens with one attached hydrogen (secondary N) is 9. The monoisotopic (exact) mass is 1720 g/mol. The third kappa shape index (κ3) is 21.6. The third-order valence-electron chi connectivity index (χ3n) is 22.5. The number of hydrogen-bond donors (Lipinski definition) is 11. The number of nitrogens with two attached hydrogens (primary N) is 1. The first kappa shape index (κ1) is 90.7. The van der Waals surface area contributed by atoms with Crippen molar-refractivity contribution < 1.29 is 75.6 Å². The number of carboxylic acids is 1. The molecule has 654 valence electrons. The van der Waals surface area contributed by atoms with E-state index in [9.17, 15) is 32.7 Å². The van der Waals surface area contributed by atoms with Crippen LogP contribution in [0.15, 0.2) is 218 Å². The fourth-order valence-corrected chi connectivity index (χ4v) is 18.0. The molecule has 12 rings (SSSR count). The molecule has 8 aromatic carbocycles. The summed E-state index contributed by atoms with van der Waals surface area (Å²) < 4.78 is 57.4. The number of nitrogens with zero attached hydrogens (tertiary/aromatic N) is 3. The quantitative estimate of drug-likeness (QED) is 0.00434. The maximum absolute atomic E-state index is 16.0. The minimum absolute atomic E-state index is 0.0258. The van der Waals surface area contributed by atoms with E-state index in [2.05, 4.69) is 41.9 Å². The van der Waals surface area contributed by atoms with Crippen molar-refractivity contribution in [1.82, 2.24) is 56.1 Å².